The Morgan fingerprint density at radius 1 is 1.40 bits per heavy atom. The first-order chi connectivity index (χ1) is 9.65. The van der Waals surface area contributed by atoms with Gasteiger partial charge in [0.05, 0.1) is 11.7 Å². The molecule has 4 nitrogen and oxygen atoms in total. The van der Waals surface area contributed by atoms with E-state index in [-0.39, 0.29) is 11.7 Å². The zero-order chi connectivity index (χ0) is 14.1. The molecular formula is C15H18FNO3. The Labute approximate surface area is 116 Å². The van der Waals surface area contributed by atoms with Gasteiger partial charge in [0, 0.05) is 19.2 Å². The van der Waals surface area contributed by atoms with Crippen molar-refractivity contribution in [1.29, 1.82) is 0 Å². The fraction of sp³-hybridized carbons (Fsp3) is 0.533. The zero-order valence-corrected chi connectivity index (χ0v) is 11.1. The van der Waals surface area contributed by atoms with Crippen molar-refractivity contribution in [3.63, 3.8) is 0 Å². The Morgan fingerprint density at radius 3 is 2.85 bits per heavy atom. The minimum Gasteiger partial charge on any atom is -0.478 e. The maximum Gasteiger partial charge on any atom is 0.338 e. The molecule has 0 aromatic heterocycles. The smallest absolute Gasteiger partial charge is 0.338 e. The number of halogens is 1. The molecule has 2 unspecified atom stereocenters. The molecule has 0 spiro atoms. The van der Waals surface area contributed by atoms with E-state index < -0.39 is 11.8 Å². The van der Waals surface area contributed by atoms with Crippen LogP contribution in [0, 0.1) is 11.7 Å². The molecular weight excluding hydrogens is 261 g/mol. The van der Waals surface area contributed by atoms with Crippen LogP contribution in [-0.2, 0) is 11.3 Å². The molecule has 3 rings (SSSR count). The minimum atomic E-state index is -1.24. The zero-order valence-electron chi connectivity index (χ0n) is 11.1. The van der Waals surface area contributed by atoms with Gasteiger partial charge >= 0.3 is 5.97 Å². The molecule has 1 saturated carbocycles. The number of nitrogens with one attached hydrogen (secondary N) is 1. The Hall–Kier alpha value is -1.46. The first-order valence-corrected chi connectivity index (χ1v) is 7.02. The van der Waals surface area contributed by atoms with E-state index >= 15 is 0 Å². The summed E-state index contributed by atoms with van der Waals surface area (Å²) in [5.74, 6) is -1.24. The Bertz CT molecular complexity index is 516. The molecule has 2 fully saturated rings. The molecule has 0 bridgehead atoms. The number of carboxylic acids is 1. The Balaban J connectivity index is 1.60. The van der Waals surface area contributed by atoms with Crippen LogP contribution in [0.2, 0.25) is 0 Å². The molecule has 0 radical (unpaired) electrons. The number of aromatic carboxylic acids is 1. The summed E-state index contributed by atoms with van der Waals surface area (Å²) in [5, 5.41) is 12.2. The van der Waals surface area contributed by atoms with Gasteiger partial charge in [-0.25, -0.2) is 9.18 Å². The minimum absolute atomic E-state index is 0.284. The van der Waals surface area contributed by atoms with E-state index in [0.717, 1.165) is 18.6 Å². The van der Waals surface area contributed by atoms with Gasteiger partial charge in [0.25, 0.3) is 0 Å². The topological polar surface area (TPSA) is 58.6 Å². The molecule has 1 saturated heterocycles. The number of ether oxygens (including phenoxy) is 1. The van der Waals surface area contributed by atoms with Gasteiger partial charge in [-0.3, -0.25) is 0 Å². The van der Waals surface area contributed by atoms with Crippen LogP contribution < -0.4 is 5.32 Å². The second-order valence-electron chi connectivity index (χ2n) is 5.57. The van der Waals surface area contributed by atoms with Crippen LogP contribution in [0.4, 0.5) is 4.39 Å². The van der Waals surface area contributed by atoms with Gasteiger partial charge in [0.1, 0.15) is 5.82 Å². The van der Waals surface area contributed by atoms with Gasteiger partial charge in [0.15, 0.2) is 0 Å². The SMILES string of the molecule is O=C(O)c1ccc(CNC2CCOC2C2CC2)cc1F. The lowest BCUT2D eigenvalue weighted by atomic mass is 10.1. The van der Waals surface area contributed by atoms with Crippen molar-refractivity contribution in [2.45, 2.75) is 38.0 Å². The van der Waals surface area contributed by atoms with Crippen LogP contribution >= 0.6 is 0 Å². The molecule has 20 heavy (non-hydrogen) atoms. The third kappa shape index (κ3) is 2.83. The van der Waals surface area contributed by atoms with Crippen LogP contribution in [0.15, 0.2) is 18.2 Å². The summed E-state index contributed by atoms with van der Waals surface area (Å²) < 4.78 is 19.3. The molecule has 1 aliphatic carbocycles. The lowest BCUT2D eigenvalue weighted by Gasteiger charge is -2.19. The van der Waals surface area contributed by atoms with Gasteiger partial charge in [-0.05, 0) is 42.9 Å². The number of carboxylic acid groups (broad SMARTS) is 1. The van der Waals surface area contributed by atoms with E-state index in [2.05, 4.69) is 5.32 Å². The van der Waals surface area contributed by atoms with Gasteiger partial charge in [-0.15, -0.1) is 0 Å². The Kier molecular flexibility index (Phi) is 3.72. The third-order valence-corrected chi connectivity index (χ3v) is 4.05. The van der Waals surface area contributed by atoms with Gasteiger partial charge in [-0.2, -0.15) is 0 Å². The molecule has 0 amide bonds. The summed E-state index contributed by atoms with van der Waals surface area (Å²) in [6.07, 6.45) is 3.75. The highest BCUT2D eigenvalue weighted by atomic mass is 19.1. The summed E-state index contributed by atoms with van der Waals surface area (Å²) in [4.78, 5) is 10.8. The van der Waals surface area contributed by atoms with Crippen molar-refractivity contribution < 1.29 is 19.0 Å². The number of rotatable bonds is 5. The largest absolute Gasteiger partial charge is 0.478 e. The predicted molar refractivity (Wildman–Crippen MR) is 71.1 cm³/mol. The van der Waals surface area contributed by atoms with Gasteiger partial charge in [0.2, 0.25) is 0 Å². The fourth-order valence-electron chi connectivity index (χ4n) is 2.81. The van der Waals surface area contributed by atoms with Crippen LogP contribution in [-0.4, -0.2) is 29.8 Å². The van der Waals surface area contributed by atoms with Crippen LogP contribution in [0.3, 0.4) is 0 Å². The van der Waals surface area contributed by atoms with E-state index in [0.29, 0.717) is 18.5 Å². The molecule has 2 atom stereocenters. The van der Waals surface area contributed by atoms with E-state index in [1.807, 2.05) is 0 Å². The molecule has 1 heterocycles. The average molecular weight is 279 g/mol. The third-order valence-electron chi connectivity index (χ3n) is 4.05. The maximum atomic E-state index is 13.6. The highest BCUT2D eigenvalue weighted by Crippen LogP contribution is 2.38. The van der Waals surface area contributed by atoms with Gasteiger partial charge in [-0.1, -0.05) is 6.07 Å². The second-order valence-corrected chi connectivity index (χ2v) is 5.57. The number of carbonyl (C=O) groups is 1. The highest BCUT2D eigenvalue weighted by Gasteiger charge is 2.40. The summed E-state index contributed by atoms with van der Waals surface area (Å²) in [7, 11) is 0. The predicted octanol–water partition coefficient (Wildman–Crippen LogP) is 2.18. The van der Waals surface area contributed by atoms with Crippen LogP contribution in [0.5, 0.6) is 0 Å². The average Bonchev–Trinajstić information content (AvgIpc) is 3.15. The van der Waals surface area contributed by atoms with Crippen molar-refractivity contribution in [1.82, 2.24) is 5.32 Å². The summed E-state index contributed by atoms with van der Waals surface area (Å²) >= 11 is 0. The van der Waals surface area contributed by atoms with E-state index in [9.17, 15) is 9.18 Å². The van der Waals surface area contributed by atoms with E-state index in [1.165, 1.54) is 25.0 Å². The van der Waals surface area contributed by atoms with Crippen molar-refractivity contribution in [3.8, 4) is 0 Å². The first-order valence-electron chi connectivity index (χ1n) is 7.02. The standard InChI is InChI=1S/C15H18FNO3/c16-12-7-9(1-4-11(12)15(18)19)8-17-13-5-6-20-14(13)10-2-3-10/h1,4,7,10,13-14,17H,2-3,5-6,8H2,(H,18,19). The molecule has 108 valence electrons. The lowest BCUT2D eigenvalue weighted by Crippen LogP contribution is -2.37. The summed E-state index contributed by atoms with van der Waals surface area (Å²) in [6.45, 7) is 1.32. The highest BCUT2D eigenvalue weighted by molar-refractivity contribution is 5.87. The lowest BCUT2D eigenvalue weighted by molar-refractivity contribution is 0.0692. The van der Waals surface area contributed by atoms with Crippen LogP contribution in [0.25, 0.3) is 0 Å². The van der Waals surface area contributed by atoms with E-state index in [4.69, 9.17) is 9.84 Å². The van der Waals surface area contributed by atoms with Crippen molar-refractivity contribution >= 4 is 5.97 Å². The summed E-state index contributed by atoms with van der Waals surface area (Å²) in [5.41, 5.74) is 0.475. The fourth-order valence-corrected chi connectivity index (χ4v) is 2.81. The molecule has 2 N–H and O–H groups in total. The van der Waals surface area contributed by atoms with E-state index in [1.54, 1.807) is 6.07 Å². The second kappa shape index (κ2) is 5.50. The number of hydrogen-bond donors (Lipinski definition) is 2. The first kappa shape index (κ1) is 13.5. The molecule has 1 aromatic rings. The number of hydrogen-bond acceptors (Lipinski definition) is 3. The number of benzene rings is 1. The molecule has 1 aromatic carbocycles. The normalized spacial score (nSPS) is 25.9. The van der Waals surface area contributed by atoms with Crippen molar-refractivity contribution in [3.05, 3.63) is 35.1 Å². The van der Waals surface area contributed by atoms with Crippen LogP contribution in [0.1, 0.15) is 35.2 Å². The maximum absolute atomic E-state index is 13.6. The molecule has 2 aliphatic rings. The molecule has 1 aliphatic heterocycles. The quantitative estimate of drug-likeness (QED) is 0.867. The molecule has 5 heteroatoms. The van der Waals surface area contributed by atoms with Gasteiger partial charge < -0.3 is 15.2 Å². The van der Waals surface area contributed by atoms with Crippen molar-refractivity contribution in [2.75, 3.05) is 6.61 Å². The van der Waals surface area contributed by atoms with Crippen molar-refractivity contribution in [2.24, 2.45) is 5.92 Å². The summed E-state index contributed by atoms with van der Waals surface area (Å²) in [6, 6.07) is 4.59. The monoisotopic (exact) mass is 279 g/mol. The Morgan fingerprint density at radius 2 is 2.20 bits per heavy atom.